The Labute approximate surface area is 137 Å². The Kier molecular flexibility index (Phi) is 4.46. The lowest BCUT2D eigenvalue weighted by Gasteiger charge is -2.37. The number of benzene rings is 2. The first kappa shape index (κ1) is 15.7. The molecule has 120 valence electrons. The summed E-state index contributed by atoms with van der Waals surface area (Å²) in [6.07, 6.45) is 0. The molecule has 0 saturated carbocycles. The highest BCUT2D eigenvalue weighted by Crippen LogP contribution is 2.31. The summed E-state index contributed by atoms with van der Waals surface area (Å²) in [7, 11) is 2.13. The fourth-order valence-electron chi connectivity index (χ4n) is 3.09. The zero-order valence-electron chi connectivity index (χ0n) is 13.4. The number of rotatable bonds is 3. The maximum atomic E-state index is 13.2. The number of hydrogen-bond donors (Lipinski definition) is 2. The van der Waals surface area contributed by atoms with Gasteiger partial charge in [-0.15, -0.1) is 0 Å². The van der Waals surface area contributed by atoms with Crippen LogP contribution in [0.15, 0.2) is 60.7 Å². The van der Waals surface area contributed by atoms with Crippen LogP contribution in [0.2, 0.25) is 0 Å². The van der Waals surface area contributed by atoms with E-state index in [1.807, 2.05) is 60.7 Å². The van der Waals surface area contributed by atoms with Gasteiger partial charge in [0.1, 0.15) is 0 Å². The van der Waals surface area contributed by atoms with Crippen LogP contribution in [0.5, 0.6) is 0 Å². The van der Waals surface area contributed by atoms with Gasteiger partial charge in [-0.25, -0.2) is 0 Å². The van der Waals surface area contributed by atoms with E-state index in [1.54, 1.807) is 4.90 Å². The number of piperazine rings is 1. The van der Waals surface area contributed by atoms with Gasteiger partial charge in [-0.05, 0) is 11.1 Å². The summed E-state index contributed by atoms with van der Waals surface area (Å²) < 4.78 is 0. The molecule has 0 aromatic heterocycles. The third-order valence-corrected chi connectivity index (χ3v) is 4.60. The van der Waals surface area contributed by atoms with Crippen molar-refractivity contribution in [3.63, 3.8) is 0 Å². The zero-order chi connectivity index (χ0) is 16.3. The second-order valence-corrected chi connectivity index (χ2v) is 6.19. The van der Waals surface area contributed by atoms with Crippen LogP contribution >= 0.6 is 0 Å². The Morgan fingerprint density at radius 1 is 0.957 bits per heavy atom. The van der Waals surface area contributed by atoms with Gasteiger partial charge in [0.25, 0.3) is 5.91 Å². The van der Waals surface area contributed by atoms with E-state index < -0.39 is 5.60 Å². The lowest BCUT2D eigenvalue weighted by molar-refractivity contribution is -0.883. The summed E-state index contributed by atoms with van der Waals surface area (Å²) in [4.78, 5) is 16.4. The fourth-order valence-corrected chi connectivity index (χ4v) is 3.09. The lowest BCUT2D eigenvalue weighted by Crippen LogP contribution is -3.12. The van der Waals surface area contributed by atoms with Gasteiger partial charge < -0.3 is 14.9 Å². The smallest absolute Gasteiger partial charge is 0.264 e. The number of amides is 1. The Bertz CT molecular complexity index is 610. The topological polar surface area (TPSA) is 45.0 Å². The minimum atomic E-state index is -1.63. The Morgan fingerprint density at radius 3 is 1.83 bits per heavy atom. The highest BCUT2D eigenvalue weighted by molar-refractivity contribution is 5.90. The van der Waals surface area contributed by atoms with Crippen molar-refractivity contribution in [1.82, 2.24) is 4.90 Å². The number of hydrogen-bond acceptors (Lipinski definition) is 2. The number of likely N-dealkylation sites (N-methyl/N-ethyl adjacent to an activating group) is 1. The summed E-state index contributed by atoms with van der Waals surface area (Å²) in [6, 6.07) is 18.4. The molecule has 4 heteroatoms. The average molecular weight is 311 g/mol. The second kappa shape index (κ2) is 6.52. The molecule has 1 amide bonds. The molecule has 1 aliphatic rings. The van der Waals surface area contributed by atoms with Crippen LogP contribution in [0.1, 0.15) is 11.1 Å². The molecule has 1 aliphatic heterocycles. The van der Waals surface area contributed by atoms with Crippen molar-refractivity contribution in [1.29, 1.82) is 0 Å². The summed E-state index contributed by atoms with van der Waals surface area (Å²) in [5.41, 5.74) is -0.404. The Morgan fingerprint density at radius 2 is 1.39 bits per heavy atom. The fraction of sp³-hybridized carbons (Fsp3) is 0.316. The van der Waals surface area contributed by atoms with E-state index in [2.05, 4.69) is 7.05 Å². The van der Waals surface area contributed by atoms with Crippen LogP contribution in [0.4, 0.5) is 0 Å². The third kappa shape index (κ3) is 3.00. The quantitative estimate of drug-likeness (QED) is 0.855. The van der Waals surface area contributed by atoms with Crippen molar-refractivity contribution >= 4 is 5.91 Å². The molecule has 1 fully saturated rings. The Balaban J connectivity index is 2.01. The van der Waals surface area contributed by atoms with E-state index in [-0.39, 0.29) is 5.91 Å². The molecule has 2 aromatic carbocycles. The highest BCUT2D eigenvalue weighted by atomic mass is 16.3. The molecular weight excluding hydrogens is 288 g/mol. The number of aliphatic hydroxyl groups is 1. The van der Waals surface area contributed by atoms with Crippen molar-refractivity contribution in [3.8, 4) is 0 Å². The zero-order valence-corrected chi connectivity index (χ0v) is 13.4. The summed E-state index contributed by atoms with van der Waals surface area (Å²) in [5.74, 6) is -0.234. The summed E-state index contributed by atoms with van der Waals surface area (Å²) >= 11 is 0. The first-order valence-electron chi connectivity index (χ1n) is 8.06. The van der Waals surface area contributed by atoms with Gasteiger partial charge >= 0.3 is 0 Å². The SMILES string of the molecule is C[NH+]1CCN(C(=O)C(O)(c2ccccc2)c2ccccc2)CC1. The van der Waals surface area contributed by atoms with Crippen LogP contribution in [0.25, 0.3) is 0 Å². The minimum Gasteiger partial charge on any atom is -0.372 e. The van der Waals surface area contributed by atoms with Crippen molar-refractivity contribution in [2.75, 3.05) is 33.2 Å². The van der Waals surface area contributed by atoms with E-state index in [9.17, 15) is 9.90 Å². The van der Waals surface area contributed by atoms with Gasteiger partial charge in [0.15, 0.2) is 5.60 Å². The summed E-state index contributed by atoms with van der Waals surface area (Å²) in [6.45, 7) is 3.16. The van der Waals surface area contributed by atoms with Crippen LogP contribution in [-0.2, 0) is 10.4 Å². The number of carbonyl (C=O) groups is 1. The highest BCUT2D eigenvalue weighted by Gasteiger charge is 2.43. The van der Waals surface area contributed by atoms with E-state index in [4.69, 9.17) is 0 Å². The van der Waals surface area contributed by atoms with Crippen molar-refractivity contribution in [3.05, 3.63) is 71.8 Å². The van der Waals surface area contributed by atoms with Gasteiger partial charge in [-0.3, -0.25) is 4.79 Å². The van der Waals surface area contributed by atoms with E-state index in [0.717, 1.165) is 13.1 Å². The van der Waals surface area contributed by atoms with Crippen molar-refractivity contribution in [2.24, 2.45) is 0 Å². The standard InChI is InChI=1S/C19H22N2O2/c1-20-12-14-21(15-13-20)18(22)19(23,16-8-4-2-5-9-16)17-10-6-3-7-11-17/h2-11,23H,12-15H2,1H3/p+1. The minimum absolute atomic E-state index is 0.234. The molecule has 4 nitrogen and oxygen atoms in total. The molecule has 2 aromatic rings. The third-order valence-electron chi connectivity index (χ3n) is 4.60. The van der Waals surface area contributed by atoms with Gasteiger partial charge in [0.2, 0.25) is 0 Å². The van der Waals surface area contributed by atoms with Gasteiger partial charge in [0, 0.05) is 0 Å². The maximum absolute atomic E-state index is 13.2. The van der Waals surface area contributed by atoms with Gasteiger partial charge in [-0.1, -0.05) is 60.7 Å². The molecule has 0 radical (unpaired) electrons. The number of nitrogens with zero attached hydrogens (tertiary/aromatic N) is 1. The van der Waals surface area contributed by atoms with Crippen LogP contribution < -0.4 is 4.90 Å². The van der Waals surface area contributed by atoms with Crippen molar-refractivity contribution in [2.45, 2.75) is 5.60 Å². The number of carbonyl (C=O) groups excluding carboxylic acids is 1. The normalized spacial score (nSPS) is 16.3. The number of nitrogens with one attached hydrogen (secondary N) is 1. The first-order valence-corrected chi connectivity index (χ1v) is 8.06. The largest absolute Gasteiger partial charge is 0.372 e. The molecule has 0 atom stereocenters. The molecule has 3 rings (SSSR count). The molecule has 0 bridgehead atoms. The van der Waals surface area contributed by atoms with E-state index >= 15 is 0 Å². The van der Waals surface area contributed by atoms with E-state index in [0.29, 0.717) is 24.2 Å². The maximum Gasteiger partial charge on any atom is 0.264 e. The number of quaternary nitrogens is 1. The molecule has 23 heavy (non-hydrogen) atoms. The molecule has 1 heterocycles. The monoisotopic (exact) mass is 311 g/mol. The van der Waals surface area contributed by atoms with E-state index in [1.165, 1.54) is 4.90 Å². The van der Waals surface area contributed by atoms with Crippen LogP contribution in [-0.4, -0.2) is 49.1 Å². The van der Waals surface area contributed by atoms with Gasteiger partial charge in [0.05, 0.1) is 33.2 Å². The molecular formula is C19H23N2O2+. The first-order chi connectivity index (χ1) is 11.1. The molecule has 0 spiro atoms. The predicted octanol–water partition coefficient (Wildman–Crippen LogP) is 0.279. The van der Waals surface area contributed by atoms with Crippen LogP contribution in [0.3, 0.4) is 0 Å². The molecule has 1 saturated heterocycles. The van der Waals surface area contributed by atoms with Crippen LogP contribution in [0, 0.1) is 0 Å². The van der Waals surface area contributed by atoms with Crippen molar-refractivity contribution < 1.29 is 14.8 Å². The van der Waals surface area contributed by atoms with Gasteiger partial charge in [-0.2, -0.15) is 0 Å². The molecule has 0 aliphatic carbocycles. The average Bonchev–Trinajstić information content (AvgIpc) is 2.62. The molecule has 2 N–H and O–H groups in total. The lowest BCUT2D eigenvalue weighted by atomic mass is 9.85. The Hall–Kier alpha value is -2.17. The molecule has 0 unspecified atom stereocenters. The predicted molar refractivity (Wildman–Crippen MR) is 89.1 cm³/mol. The second-order valence-electron chi connectivity index (χ2n) is 6.19. The summed E-state index contributed by atoms with van der Waals surface area (Å²) in [5, 5.41) is 11.4.